The van der Waals surface area contributed by atoms with Crippen LogP contribution in [0.25, 0.3) is 0 Å². The molecule has 1 fully saturated rings. The number of amides is 1. The lowest BCUT2D eigenvalue weighted by Crippen LogP contribution is -2.43. The molecule has 1 aromatic rings. The summed E-state index contributed by atoms with van der Waals surface area (Å²) in [5.41, 5.74) is 8.49. The average Bonchev–Trinajstić information content (AvgIpc) is 2.95. The van der Waals surface area contributed by atoms with Crippen molar-refractivity contribution < 1.29 is 4.79 Å². The van der Waals surface area contributed by atoms with Gasteiger partial charge < -0.3 is 10.6 Å². The van der Waals surface area contributed by atoms with E-state index in [1.165, 1.54) is 30.4 Å². The van der Waals surface area contributed by atoms with E-state index in [0.29, 0.717) is 12.0 Å². The van der Waals surface area contributed by atoms with Crippen molar-refractivity contribution in [2.24, 2.45) is 5.73 Å². The summed E-state index contributed by atoms with van der Waals surface area (Å²) in [5, 5.41) is 0. The minimum absolute atomic E-state index is 0.116. The van der Waals surface area contributed by atoms with Gasteiger partial charge in [-0.25, -0.2) is 0 Å². The van der Waals surface area contributed by atoms with E-state index in [9.17, 15) is 4.79 Å². The van der Waals surface area contributed by atoms with E-state index in [-0.39, 0.29) is 12.5 Å². The summed E-state index contributed by atoms with van der Waals surface area (Å²) in [6.07, 6.45) is 5.88. The van der Waals surface area contributed by atoms with E-state index >= 15 is 0 Å². The van der Waals surface area contributed by atoms with Crippen LogP contribution >= 0.6 is 0 Å². The first-order valence-corrected chi connectivity index (χ1v) is 7.38. The highest BCUT2D eigenvalue weighted by Crippen LogP contribution is 2.39. The molecule has 0 spiro atoms. The van der Waals surface area contributed by atoms with Crippen LogP contribution < -0.4 is 5.73 Å². The third-order valence-corrected chi connectivity index (χ3v) is 4.67. The fourth-order valence-electron chi connectivity index (χ4n) is 3.83. The van der Waals surface area contributed by atoms with E-state index in [1.54, 1.807) is 0 Å². The summed E-state index contributed by atoms with van der Waals surface area (Å²) in [5.74, 6) is 0.633. The first-order chi connectivity index (χ1) is 9.31. The minimum Gasteiger partial charge on any atom is -0.338 e. The maximum absolute atomic E-state index is 12.0. The van der Waals surface area contributed by atoms with Gasteiger partial charge in [-0.2, -0.15) is 0 Å². The van der Waals surface area contributed by atoms with Crippen molar-refractivity contribution in [1.82, 2.24) is 4.90 Å². The number of hydrogen-bond acceptors (Lipinski definition) is 2. The topological polar surface area (TPSA) is 46.3 Å². The molecule has 1 aromatic carbocycles. The van der Waals surface area contributed by atoms with Crippen LogP contribution in [0, 0.1) is 0 Å². The largest absolute Gasteiger partial charge is 0.338 e. The molecule has 0 aromatic heterocycles. The summed E-state index contributed by atoms with van der Waals surface area (Å²) < 4.78 is 0. The fraction of sp³-hybridized carbons (Fsp3) is 0.562. The number of carbonyl (C=O) groups is 1. The molecule has 19 heavy (non-hydrogen) atoms. The average molecular weight is 258 g/mol. The van der Waals surface area contributed by atoms with Gasteiger partial charge in [-0.3, -0.25) is 4.79 Å². The molecule has 2 N–H and O–H groups in total. The van der Waals surface area contributed by atoms with Gasteiger partial charge in [-0.15, -0.1) is 0 Å². The quantitative estimate of drug-likeness (QED) is 0.882. The van der Waals surface area contributed by atoms with E-state index in [4.69, 9.17) is 5.73 Å². The van der Waals surface area contributed by atoms with Gasteiger partial charge in [0.15, 0.2) is 0 Å². The second-order valence-electron chi connectivity index (χ2n) is 5.70. The van der Waals surface area contributed by atoms with E-state index < -0.39 is 0 Å². The minimum atomic E-state index is 0.116. The molecule has 3 rings (SSSR count). The molecule has 2 aliphatic rings. The van der Waals surface area contributed by atoms with Gasteiger partial charge in [-0.1, -0.05) is 24.3 Å². The van der Waals surface area contributed by atoms with Crippen LogP contribution in [0.2, 0.25) is 0 Å². The van der Waals surface area contributed by atoms with E-state index in [2.05, 4.69) is 24.3 Å². The van der Waals surface area contributed by atoms with Gasteiger partial charge in [0.1, 0.15) is 0 Å². The van der Waals surface area contributed by atoms with Gasteiger partial charge >= 0.3 is 0 Å². The van der Waals surface area contributed by atoms with Crippen molar-refractivity contribution in [3.05, 3.63) is 35.4 Å². The van der Waals surface area contributed by atoms with Gasteiger partial charge in [0, 0.05) is 18.5 Å². The van der Waals surface area contributed by atoms with Crippen molar-refractivity contribution in [1.29, 1.82) is 0 Å². The predicted octanol–water partition coefficient (Wildman–Crippen LogP) is 2.06. The third-order valence-electron chi connectivity index (χ3n) is 4.67. The molecule has 102 valence electrons. The first-order valence-electron chi connectivity index (χ1n) is 7.38. The zero-order chi connectivity index (χ0) is 13.2. The molecule has 1 aliphatic carbocycles. The summed E-state index contributed by atoms with van der Waals surface area (Å²) >= 11 is 0. The SMILES string of the molecule is NCC(=O)N1CCCC1C1CCCc2ccccc21. The Hall–Kier alpha value is -1.35. The Morgan fingerprint density at radius 1 is 1.26 bits per heavy atom. The fourth-order valence-corrected chi connectivity index (χ4v) is 3.83. The second-order valence-corrected chi connectivity index (χ2v) is 5.70. The number of fused-ring (bicyclic) bond motifs is 1. The van der Waals surface area contributed by atoms with Gasteiger partial charge in [-0.05, 0) is 43.2 Å². The highest BCUT2D eigenvalue weighted by molar-refractivity contribution is 5.78. The van der Waals surface area contributed by atoms with Crippen LogP contribution in [0.3, 0.4) is 0 Å². The smallest absolute Gasteiger partial charge is 0.236 e. The van der Waals surface area contributed by atoms with Gasteiger partial charge in [0.05, 0.1) is 6.54 Å². The highest BCUT2D eigenvalue weighted by Gasteiger charge is 2.36. The maximum atomic E-state index is 12.0. The number of hydrogen-bond donors (Lipinski definition) is 1. The van der Waals surface area contributed by atoms with E-state index in [1.807, 2.05) is 4.90 Å². The first kappa shape index (κ1) is 12.7. The van der Waals surface area contributed by atoms with E-state index in [0.717, 1.165) is 19.4 Å². The predicted molar refractivity (Wildman–Crippen MR) is 75.9 cm³/mol. The molecule has 1 heterocycles. The van der Waals surface area contributed by atoms with Crippen LogP contribution in [0.5, 0.6) is 0 Å². The van der Waals surface area contributed by atoms with Crippen LogP contribution in [-0.2, 0) is 11.2 Å². The Bertz CT molecular complexity index is 472. The number of carbonyl (C=O) groups excluding carboxylic acids is 1. The lowest BCUT2D eigenvalue weighted by atomic mass is 9.78. The van der Waals surface area contributed by atoms with Crippen molar-refractivity contribution in [2.75, 3.05) is 13.1 Å². The van der Waals surface area contributed by atoms with Crippen LogP contribution in [0.15, 0.2) is 24.3 Å². The monoisotopic (exact) mass is 258 g/mol. The molecule has 1 aliphatic heterocycles. The zero-order valence-electron chi connectivity index (χ0n) is 11.3. The molecular formula is C16H22N2O. The molecule has 1 amide bonds. The number of likely N-dealkylation sites (tertiary alicyclic amines) is 1. The summed E-state index contributed by atoms with van der Waals surface area (Å²) in [6, 6.07) is 9.12. The molecule has 2 unspecified atom stereocenters. The maximum Gasteiger partial charge on any atom is 0.236 e. The van der Waals surface area contributed by atoms with Crippen LogP contribution in [0.4, 0.5) is 0 Å². The Balaban J connectivity index is 1.88. The molecule has 0 saturated carbocycles. The standard InChI is InChI=1S/C16H22N2O/c17-11-16(19)18-10-4-9-15(18)14-8-3-6-12-5-1-2-7-13(12)14/h1-2,5,7,14-15H,3-4,6,8-11,17H2. The normalized spacial score (nSPS) is 26.3. The van der Waals surface area contributed by atoms with Gasteiger partial charge in [0.2, 0.25) is 5.91 Å². The third kappa shape index (κ3) is 2.27. The second kappa shape index (κ2) is 5.33. The zero-order valence-corrected chi connectivity index (χ0v) is 11.3. The number of aryl methyl sites for hydroxylation is 1. The molecule has 3 nitrogen and oxygen atoms in total. The molecule has 3 heteroatoms. The highest BCUT2D eigenvalue weighted by atomic mass is 16.2. The Morgan fingerprint density at radius 2 is 2.11 bits per heavy atom. The molecule has 0 bridgehead atoms. The number of nitrogens with two attached hydrogens (primary N) is 1. The Kier molecular flexibility index (Phi) is 3.56. The Morgan fingerprint density at radius 3 is 2.95 bits per heavy atom. The van der Waals surface area contributed by atoms with Crippen molar-refractivity contribution in [3.63, 3.8) is 0 Å². The lowest BCUT2D eigenvalue weighted by molar-refractivity contribution is -0.130. The van der Waals surface area contributed by atoms with Crippen molar-refractivity contribution >= 4 is 5.91 Å². The molecule has 0 radical (unpaired) electrons. The summed E-state index contributed by atoms with van der Waals surface area (Å²) in [7, 11) is 0. The van der Waals surface area contributed by atoms with Crippen LogP contribution in [-0.4, -0.2) is 29.9 Å². The number of nitrogens with zero attached hydrogens (tertiary/aromatic N) is 1. The summed E-state index contributed by atoms with van der Waals surface area (Å²) in [6.45, 7) is 1.03. The molecule has 2 atom stereocenters. The molecular weight excluding hydrogens is 236 g/mol. The lowest BCUT2D eigenvalue weighted by Gasteiger charge is -2.35. The van der Waals surface area contributed by atoms with Crippen LogP contribution in [0.1, 0.15) is 42.7 Å². The number of benzene rings is 1. The van der Waals surface area contributed by atoms with Crippen molar-refractivity contribution in [3.8, 4) is 0 Å². The molecule has 1 saturated heterocycles. The Labute approximate surface area is 114 Å². The van der Waals surface area contributed by atoms with Crippen molar-refractivity contribution in [2.45, 2.75) is 44.1 Å². The number of rotatable bonds is 2. The summed E-state index contributed by atoms with van der Waals surface area (Å²) in [4.78, 5) is 14.0. The van der Waals surface area contributed by atoms with Gasteiger partial charge in [0.25, 0.3) is 0 Å².